The van der Waals surface area contributed by atoms with E-state index < -0.39 is 17.5 Å². The molecule has 0 aliphatic carbocycles. The zero-order valence-electron chi connectivity index (χ0n) is 19.5. The highest BCUT2D eigenvalue weighted by Crippen LogP contribution is 2.35. The highest BCUT2D eigenvalue weighted by molar-refractivity contribution is 6.02. The lowest BCUT2D eigenvalue weighted by molar-refractivity contribution is 0.140. The molecule has 2 aliphatic heterocycles. The fourth-order valence-electron chi connectivity index (χ4n) is 4.69. The molecule has 9 heteroatoms. The van der Waals surface area contributed by atoms with Gasteiger partial charge in [-0.3, -0.25) is 0 Å². The Bertz CT molecular complexity index is 1290. The van der Waals surface area contributed by atoms with Gasteiger partial charge in [-0.15, -0.1) is 0 Å². The smallest absolute Gasteiger partial charge is 0.194 e. The summed E-state index contributed by atoms with van der Waals surface area (Å²) in [6.45, 7) is 2.85. The number of benzene rings is 2. The van der Waals surface area contributed by atoms with Gasteiger partial charge in [0.1, 0.15) is 12.4 Å². The zero-order valence-corrected chi connectivity index (χ0v) is 19.5. The van der Waals surface area contributed by atoms with Crippen molar-refractivity contribution < 1.29 is 22.7 Å². The minimum absolute atomic E-state index is 0.283. The van der Waals surface area contributed by atoms with E-state index in [-0.39, 0.29) is 12.6 Å². The van der Waals surface area contributed by atoms with E-state index in [1.165, 1.54) is 0 Å². The van der Waals surface area contributed by atoms with Crippen molar-refractivity contribution in [3.05, 3.63) is 82.7 Å². The number of imidazole rings is 1. The van der Waals surface area contributed by atoms with Crippen molar-refractivity contribution in [2.45, 2.75) is 32.2 Å². The molecule has 0 bridgehead atoms. The number of fused-ring (bicyclic) bond motifs is 1. The molecule has 5 rings (SSSR count). The van der Waals surface area contributed by atoms with Crippen LogP contribution in [0.25, 0.3) is 11.8 Å². The van der Waals surface area contributed by atoms with Gasteiger partial charge in [0.25, 0.3) is 0 Å². The van der Waals surface area contributed by atoms with Gasteiger partial charge in [0, 0.05) is 19.2 Å². The minimum Gasteiger partial charge on any atom is -0.495 e. The predicted octanol–water partition coefficient (Wildman–Crippen LogP) is 5.56. The number of oxime groups is 1. The summed E-state index contributed by atoms with van der Waals surface area (Å²) in [7, 11) is 1.62. The average Bonchev–Trinajstić information content (AvgIpc) is 3.16. The first-order chi connectivity index (χ1) is 16.9. The summed E-state index contributed by atoms with van der Waals surface area (Å²) in [5, 5.41) is 4.34. The first-order valence-corrected chi connectivity index (χ1v) is 11.5. The van der Waals surface area contributed by atoms with E-state index in [2.05, 4.69) is 10.1 Å². The van der Waals surface area contributed by atoms with E-state index in [1.54, 1.807) is 13.4 Å². The third-order valence-corrected chi connectivity index (χ3v) is 6.34. The van der Waals surface area contributed by atoms with Crippen molar-refractivity contribution in [3.8, 4) is 11.4 Å². The number of ether oxygens (including phenoxy) is 1. The van der Waals surface area contributed by atoms with Gasteiger partial charge in [0.15, 0.2) is 23.3 Å². The van der Waals surface area contributed by atoms with E-state index >= 15 is 0 Å². The van der Waals surface area contributed by atoms with E-state index in [0.717, 1.165) is 47.5 Å². The lowest BCUT2D eigenvalue weighted by atomic mass is 9.95. The molecule has 0 spiro atoms. The lowest BCUT2D eigenvalue weighted by Gasteiger charge is -2.36. The minimum atomic E-state index is -1.46. The van der Waals surface area contributed by atoms with Crippen LogP contribution in [-0.4, -0.2) is 40.5 Å². The van der Waals surface area contributed by atoms with E-state index in [1.807, 2.05) is 46.9 Å². The van der Waals surface area contributed by atoms with Gasteiger partial charge in [-0.2, -0.15) is 0 Å². The Labute approximate surface area is 201 Å². The Morgan fingerprint density at radius 3 is 2.66 bits per heavy atom. The van der Waals surface area contributed by atoms with Crippen molar-refractivity contribution in [3.63, 3.8) is 0 Å². The number of aryl methyl sites for hydroxylation is 1. The number of nitrogens with zero attached hydrogens (tertiary/aromatic N) is 4. The Balaban J connectivity index is 1.48. The molecule has 1 fully saturated rings. The van der Waals surface area contributed by atoms with Crippen molar-refractivity contribution in [1.29, 1.82) is 0 Å². The Kier molecular flexibility index (Phi) is 6.23. The molecule has 2 aromatic carbocycles. The maximum absolute atomic E-state index is 14.0. The second-order valence-electron chi connectivity index (χ2n) is 8.67. The summed E-state index contributed by atoms with van der Waals surface area (Å²) < 4.78 is 49.1. The summed E-state index contributed by atoms with van der Waals surface area (Å²) in [4.78, 5) is 11.8. The van der Waals surface area contributed by atoms with Gasteiger partial charge in [0.2, 0.25) is 0 Å². The molecule has 0 amide bonds. The highest BCUT2D eigenvalue weighted by Gasteiger charge is 2.32. The molecule has 1 atom stereocenters. The summed E-state index contributed by atoms with van der Waals surface area (Å²) in [6, 6.07) is 7.63. The molecule has 0 radical (unpaired) electrons. The van der Waals surface area contributed by atoms with Crippen molar-refractivity contribution in [2.24, 2.45) is 5.16 Å². The number of rotatable bonds is 4. The molecule has 0 N–H and O–H groups in total. The summed E-state index contributed by atoms with van der Waals surface area (Å²) >= 11 is 0. The molecule has 1 saturated heterocycles. The van der Waals surface area contributed by atoms with Crippen molar-refractivity contribution >= 4 is 11.9 Å². The largest absolute Gasteiger partial charge is 0.495 e. The van der Waals surface area contributed by atoms with Crippen molar-refractivity contribution in [2.75, 3.05) is 20.3 Å². The van der Waals surface area contributed by atoms with E-state index in [0.29, 0.717) is 30.1 Å². The molecular formula is C26H25F3N4O2. The second kappa shape index (κ2) is 9.48. The van der Waals surface area contributed by atoms with Gasteiger partial charge >= 0.3 is 0 Å². The Morgan fingerprint density at radius 1 is 1.14 bits per heavy atom. The van der Waals surface area contributed by atoms with Crippen LogP contribution < -0.4 is 4.74 Å². The summed E-state index contributed by atoms with van der Waals surface area (Å²) in [6.07, 6.45) is 7.75. The van der Waals surface area contributed by atoms with Gasteiger partial charge in [-0.1, -0.05) is 11.2 Å². The van der Waals surface area contributed by atoms with Gasteiger partial charge in [-0.05, 0) is 66.8 Å². The fraction of sp³-hybridized carbons (Fsp3) is 0.308. The number of aromatic nitrogens is 2. The van der Waals surface area contributed by atoms with Crippen LogP contribution in [-0.2, 0) is 4.84 Å². The van der Waals surface area contributed by atoms with Crippen LogP contribution in [0.15, 0.2) is 53.6 Å². The molecule has 3 heterocycles. The number of hydrogen-bond acceptors (Lipinski definition) is 5. The number of hydrogen-bond donors (Lipinski definition) is 0. The second-order valence-corrected chi connectivity index (χ2v) is 8.67. The molecule has 1 aromatic heterocycles. The molecule has 0 unspecified atom stereocenters. The zero-order chi connectivity index (χ0) is 24.5. The van der Waals surface area contributed by atoms with Crippen LogP contribution in [0.3, 0.4) is 0 Å². The molecule has 182 valence electrons. The van der Waals surface area contributed by atoms with E-state index in [4.69, 9.17) is 9.57 Å². The number of amidine groups is 1. The maximum atomic E-state index is 14.0. The normalized spacial score (nSPS) is 19.1. The predicted molar refractivity (Wildman–Crippen MR) is 126 cm³/mol. The van der Waals surface area contributed by atoms with Gasteiger partial charge in [-0.25, -0.2) is 18.2 Å². The Hall–Kier alpha value is -3.75. The van der Waals surface area contributed by atoms with Gasteiger partial charge in [0.05, 0.1) is 30.9 Å². The van der Waals surface area contributed by atoms with Crippen LogP contribution in [0.1, 0.15) is 42.1 Å². The Morgan fingerprint density at radius 2 is 1.94 bits per heavy atom. The summed E-state index contributed by atoms with van der Waals surface area (Å²) in [5.41, 5.74) is 4.00. The molecule has 6 nitrogen and oxygen atoms in total. The topological polar surface area (TPSA) is 51.9 Å². The fourth-order valence-corrected chi connectivity index (χ4v) is 4.69. The monoisotopic (exact) mass is 482 g/mol. The SMILES string of the molecule is COc1cc(/C=C2\CCCN3C2=NOCC[C@H]3c2cc(F)c(F)c(F)c2)ccc1-n1cnc(C)c1. The van der Waals surface area contributed by atoms with Crippen LogP contribution in [0, 0.1) is 24.4 Å². The lowest BCUT2D eigenvalue weighted by Crippen LogP contribution is -2.39. The first-order valence-electron chi connectivity index (χ1n) is 11.5. The average molecular weight is 483 g/mol. The highest BCUT2D eigenvalue weighted by atomic mass is 19.2. The van der Waals surface area contributed by atoms with E-state index in [9.17, 15) is 13.2 Å². The van der Waals surface area contributed by atoms with Crippen LogP contribution in [0.2, 0.25) is 0 Å². The standard InChI is InChI=1S/C26H25F3N4O2/c1-16-14-32(15-30-16)23-6-5-17(11-24(23)34-2)10-18-4-3-8-33-22(7-9-35-31-26(18)33)19-12-20(27)25(29)21(28)13-19/h5-6,10-15,22H,3-4,7-9H2,1-2H3/b18-10+/t22-/m0/s1. The van der Waals surface area contributed by atoms with Crippen LogP contribution in [0.5, 0.6) is 5.75 Å². The number of methoxy groups -OCH3 is 1. The molecule has 35 heavy (non-hydrogen) atoms. The number of halogens is 3. The first kappa shape index (κ1) is 23.0. The van der Waals surface area contributed by atoms with Crippen LogP contribution >= 0.6 is 0 Å². The molecule has 2 aliphatic rings. The third kappa shape index (κ3) is 4.50. The number of piperidine rings is 1. The van der Waals surface area contributed by atoms with Crippen molar-refractivity contribution in [1.82, 2.24) is 14.5 Å². The molecule has 3 aromatic rings. The summed E-state index contributed by atoms with van der Waals surface area (Å²) in [5.74, 6) is -2.54. The molecule has 0 saturated carbocycles. The van der Waals surface area contributed by atoms with Crippen LogP contribution in [0.4, 0.5) is 13.2 Å². The van der Waals surface area contributed by atoms with Gasteiger partial charge < -0.3 is 19.0 Å². The molecular weight excluding hydrogens is 457 g/mol. The third-order valence-electron chi connectivity index (χ3n) is 6.34. The maximum Gasteiger partial charge on any atom is 0.194 e. The quantitative estimate of drug-likeness (QED) is 0.457.